The van der Waals surface area contributed by atoms with Crippen LogP contribution in [0, 0.1) is 19.8 Å². The van der Waals surface area contributed by atoms with Crippen LogP contribution in [-0.4, -0.2) is 61.4 Å². The van der Waals surface area contributed by atoms with E-state index in [4.69, 9.17) is 5.10 Å². The third kappa shape index (κ3) is 5.25. The van der Waals surface area contributed by atoms with Gasteiger partial charge in [0.05, 0.1) is 5.69 Å². The molecule has 7 heteroatoms. The number of aryl methyl sites for hydroxylation is 3. The molecule has 0 unspecified atom stereocenters. The van der Waals surface area contributed by atoms with Crippen molar-refractivity contribution in [3.63, 3.8) is 0 Å². The van der Waals surface area contributed by atoms with Gasteiger partial charge in [0.2, 0.25) is 0 Å². The van der Waals surface area contributed by atoms with Gasteiger partial charge in [0.15, 0.2) is 0 Å². The number of benzene rings is 1. The molecule has 34 heavy (non-hydrogen) atoms. The van der Waals surface area contributed by atoms with Crippen molar-refractivity contribution < 1.29 is 4.79 Å². The van der Waals surface area contributed by atoms with Crippen molar-refractivity contribution in [2.45, 2.75) is 59.2 Å². The lowest BCUT2D eigenvalue weighted by Gasteiger charge is -2.40. The summed E-state index contributed by atoms with van der Waals surface area (Å²) >= 11 is 0. The summed E-state index contributed by atoms with van der Waals surface area (Å²) in [4.78, 5) is 17.8. The third-order valence-corrected chi connectivity index (χ3v) is 7.43. The first-order valence-electron chi connectivity index (χ1n) is 12.4. The van der Waals surface area contributed by atoms with Gasteiger partial charge >= 0.3 is 0 Å². The minimum Gasteiger partial charge on any atom is -0.337 e. The van der Waals surface area contributed by atoms with Gasteiger partial charge in [-0.1, -0.05) is 30.3 Å². The number of carbonyl (C=O) groups is 1. The molecule has 182 valence electrons. The zero-order valence-electron chi connectivity index (χ0n) is 21.2. The van der Waals surface area contributed by atoms with E-state index in [0.29, 0.717) is 11.6 Å². The topological polar surface area (TPSA) is 59.2 Å². The number of aromatic nitrogens is 4. The van der Waals surface area contributed by atoms with Crippen LogP contribution >= 0.6 is 0 Å². The Kier molecular flexibility index (Phi) is 7.51. The van der Waals surface area contributed by atoms with Crippen LogP contribution in [0.1, 0.15) is 52.8 Å². The summed E-state index contributed by atoms with van der Waals surface area (Å²) < 4.78 is 3.79. The van der Waals surface area contributed by atoms with Crippen LogP contribution in [0.5, 0.6) is 0 Å². The molecule has 1 aliphatic rings. The highest BCUT2D eigenvalue weighted by Gasteiger charge is 2.33. The van der Waals surface area contributed by atoms with E-state index in [0.717, 1.165) is 51.1 Å². The second-order valence-electron chi connectivity index (χ2n) is 9.63. The molecule has 1 aliphatic heterocycles. The Hall–Kier alpha value is -2.93. The first kappa shape index (κ1) is 24.2. The van der Waals surface area contributed by atoms with Gasteiger partial charge in [-0.3, -0.25) is 19.1 Å². The number of nitrogens with zero attached hydrogens (tertiary/aromatic N) is 6. The van der Waals surface area contributed by atoms with Gasteiger partial charge in [-0.05, 0) is 70.7 Å². The van der Waals surface area contributed by atoms with E-state index < -0.39 is 0 Å². The normalized spacial score (nSPS) is 16.0. The van der Waals surface area contributed by atoms with Crippen molar-refractivity contribution in [2.24, 2.45) is 13.0 Å². The molecule has 1 aromatic carbocycles. The molecule has 0 bridgehead atoms. The summed E-state index contributed by atoms with van der Waals surface area (Å²) in [6.07, 6.45) is 4.85. The maximum absolute atomic E-state index is 13.3. The van der Waals surface area contributed by atoms with Crippen molar-refractivity contribution in [1.82, 2.24) is 29.4 Å². The van der Waals surface area contributed by atoms with Gasteiger partial charge < -0.3 is 4.90 Å². The summed E-state index contributed by atoms with van der Waals surface area (Å²) in [5, 5.41) is 9.06. The predicted octanol–water partition coefficient (Wildman–Crippen LogP) is 3.85. The summed E-state index contributed by atoms with van der Waals surface area (Å²) in [6, 6.07) is 12.5. The van der Waals surface area contributed by atoms with Crippen molar-refractivity contribution in [3.05, 3.63) is 70.8 Å². The number of hydrogen-bond acceptors (Lipinski definition) is 4. The summed E-state index contributed by atoms with van der Waals surface area (Å²) in [5.41, 5.74) is 5.57. The SMILES string of the molecule is CCn1nc(C)c(CN2CCC([C@@H](Cc3ccccc3)N(C)C(=O)c3ccn(C)n3)CC2)c1C. The van der Waals surface area contributed by atoms with E-state index in [1.165, 1.54) is 16.8 Å². The summed E-state index contributed by atoms with van der Waals surface area (Å²) in [7, 11) is 3.80. The fraction of sp³-hybridized carbons (Fsp3) is 0.519. The highest BCUT2D eigenvalue weighted by atomic mass is 16.2. The molecular formula is C27H38N6O. The molecule has 4 rings (SSSR count). The number of piperidine rings is 1. The van der Waals surface area contributed by atoms with Gasteiger partial charge in [0.1, 0.15) is 5.69 Å². The molecule has 0 N–H and O–H groups in total. The largest absolute Gasteiger partial charge is 0.337 e. The van der Waals surface area contributed by atoms with Crippen LogP contribution in [0.2, 0.25) is 0 Å². The highest BCUT2D eigenvalue weighted by molar-refractivity contribution is 5.92. The second-order valence-corrected chi connectivity index (χ2v) is 9.63. The molecule has 3 heterocycles. The lowest BCUT2D eigenvalue weighted by atomic mass is 9.84. The molecule has 0 spiro atoms. The molecule has 0 aliphatic carbocycles. The fourth-order valence-corrected chi connectivity index (χ4v) is 5.33. The van der Waals surface area contributed by atoms with Crippen LogP contribution in [0.4, 0.5) is 0 Å². The molecule has 1 saturated heterocycles. The molecule has 0 saturated carbocycles. The van der Waals surface area contributed by atoms with Crippen LogP contribution in [0.25, 0.3) is 0 Å². The maximum Gasteiger partial charge on any atom is 0.274 e. The van der Waals surface area contributed by atoms with E-state index in [1.54, 1.807) is 4.68 Å². The van der Waals surface area contributed by atoms with Gasteiger partial charge in [0.25, 0.3) is 5.91 Å². The smallest absolute Gasteiger partial charge is 0.274 e. The lowest BCUT2D eigenvalue weighted by molar-refractivity contribution is 0.0578. The average Bonchev–Trinajstić information content (AvgIpc) is 3.41. The van der Waals surface area contributed by atoms with E-state index in [-0.39, 0.29) is 11.9 Å². The Morgan fingerprint density at radius 2 is 1.82 bits per heavy atom. The van der Waals surface area contributed by atoms with E-state index in [1.807, 2.05) is 37.3 Å². The van der Waals surface area contributed by atoms with Crippen LogP contribution in [0.3, 0.4) is 0 Å². The fourth-order valence-electron chi connectivity index (χ4n) is 5.33. The molecule has 3 aromatic rings. The molecular weight excluding hydrogens is 424 g/mol. The van der Waals surface area contributed by atoms with Crippen LogP contribution in [-0.2, 0) is 26.6 Å². The Balaban J connectivity index is 1.47. The standard InChI is InChI=1S/C27H38N6O/c1-6-33-21(3)24(20(2)28-33)19-32-16-12-23(13-17-32)26(18-22-10-8-7-9-11-22)31(5)27(34)25-14-15-30(4)29-25/h7-11,14-15,23,26H,6,12-13,16-19H2,1-5H3/t26-/m1/s1. The zero-order valence-corrected chi connectivity index (χ0v) is 21.2. The Morgan fingerprint density at radius 1 is 1.12 bits per heavy atom. The number of hydrogen-bond donors (Lipinski definition) is 0. The van der Waals surface area contributed by atoms with Crippen molar-refractivity contribution in [1.29, 1.82) is 0 Å². The molecule has 1 atom stereocenters. The number of rotatable bonds is 8. The Morgan fingerprint density at radius 3 is 2.41 bits per heavy atom. The number of likely N-dealkylation sites (tertiary alicyclic amines) is 1. The summed E-state index contributed by atoms with van der Waals surface area (Å²) in [5.74, 6) is 0.455. The molecule has 1 amide bonds. The first-order chi connectivity index (χ1) is 16.4. The van der Waals surface area contributed by atoms with E-state index in [9.17, 15) is 4.79 Å². The van der Waals surface area contributed by atoms with Crippen molar-refractivity contribution in [2.75, 3.05) is 20.1 Å². The minimum absolute atomic E-state index is 0.00203. The number of carbonyl (C=O) groups excluding carboxylic acids is 1. The monoisotopic (exact) mass is 462 g/mol. The lowest BCUT2D eigenvalue weighted by Crippen LogP contribution is -2.47. The van der Waals surface area contributed by atoms with Crippen LogP contribution in [0.15, 0.2) is 42.6 Å². The predicted molar refractivity (Wildman–Crippen MR) is 135 cm³/mol. The maximum atomic E-state index is 13.3. The van der Waals surface area contributed by atoms with Gasteiger partial charge in [-0.25, -0.2) is 0 Å². The quantitative estimate of drug-likeness (QED) is 0.510. The van der Waals surface area contributed by atoms with Gasteiger partial charge in [-0.2, -0.15) is 10.2 Å². The number of amides is 1. The van der Waals surface area contributed by atoms with Crippen LogP contribution < -0.4 is 0 Å². The Labute approximate surface area is 203 Å². The molecule has 2 aromatic heterocycles. The van der Waals surface area contributed by atoms with Gasteiger partial charge in [0, 0.05) is 50.7 Å². The van der Waals surface area contributed by atoms with E-state index >= 15 is 0 Å². The van der Waals surface area contributed by atoms with E-state index in [2.05, 4.69) is 59.7 Å². The molecule has 7 nitrogen and oxygen atoms in total. The first-order valence-corrected chi connectivity index (χ1v) is 12.4. The van der Waals surface area contributed by atoms with Crippen molar-refractivity contribution >= 4 is 5.91 Å². The minimum atomic E-state index is 0.00203. The second kappa shape index (κ2) is 10.6. The third-order valence-electron chi connectivity index (χ3n) is 7.43. The summed E-state index contributed by atoms with van der Waals surface area (Å²) in [6.45, 7) is 10.4. The highest BCUT2D eigenvalue weighted by Crippen LogP contribution is 2.28. The zero-order chi connectivity index (χ0) is 24.2. The molecule has 0 radical (unpaired) electrons. The molecule has 1 fully saturated rings. The Bertz CT molecular complexity index is 1090. The number of likely N-dealkylation sites (N-methyl/N-ethyl adjacent to an activating group) is 1. The van der Waals surface area contributed by atoms with Gasteiger partial charge in [-0.15, -0.1) is 0 Å². The average molecular weight is 463 g/mol. The van der Waals surface area contributed by atoms with Crippen molar-refractivity contribution in [3.8, 4) is 0 Å².